The Morgan fingerprint density at radius 1 is 1.40 bits per heavy atom. The third-order valence-electron chi connectivity index (χ3n) is 3.05. The van der Waals surface area contributed by atoms with Crippen LogP contribution in [0.1, 0.15) is 31.9 Å². The molecule has 1 heterocycles. The van der Waals surface area contributed by atoms with Gasteiger partial charge < -0.3 is 0 Å². The molecule has 1 nitrogen and oxygen atoms in total. The SMILES string of the molecule is CC#CCC1CN1C(C)c1ccccc1. The molecule has 15 heavy (non-hydrogen) atoms. The number of benzene rings is 1. The normalized spacial score (nSPS) is 25.2. The largest absolute Gasteiger partial charge is 0.290 e. The third-order valence-corrected chi connectivity index (χ3v) is 3.05. The molecule has 1 saturated heterocycles. The summed E-state index contributed by atoms with van der Waals surface area (Å²) in [4.78, 5) is 2.50. The number of rotatable bonds is 3. The third kappa shape index (κ3) is 2.40. The molecular formula is C14H17N. The molecule has 3 unspecified atom stereocenters. The topological polar surface area (TPSA) is 3.01 Å². The van der Waals surface area contributed by atoms with Crippen LogP contribution in [-0.2, 0) is 0 Å². The van der Waals surface area contributed by atoms with Crippen LogP contribution >= 0.6 is 0 Å². The molecular weight excluding hydrogens is 182 g/mol. The molecule has 0 N–H and O–H groups in total. The molecule has 1 aromatic rings. The van der Waals surface area contributed by atoms with Gasteiger partial charge in [-0.15, -0.1) is 11.8 Å². The van der Waals surface area contributed by atoms with Crippen molar-refractivity contribution in [2.45, 2.75) is 32.4 Å². The smallest absolute Gasteiger partial charge is 0.0339 e. The van der Waals surface area contributed by atoms with Gasteiger partial charge in [-0.25, -0.2) is 0 Å². The van der Waals surface area contributed by atoms with E-state index in [0.29, 0.717) is 12.1 Å². The van der Waals surface area contributed by atoms with Crippen LogP contribution in [0.2, 0.25) is 0 Å². The molecule has 3 atom stereocenters. The van der Waals surface area contributed by atoms with Crippen LogP contribution in [0.4, 0.5) is 0 Å². The maximum atomic E-state index is 3.15. The van der Waals surface area contributed by atoms with Crippen molar-refractivity contribution in [1.82, 2.24) is 4.90 Å². The summed E-state index contributed by atoms with van der Waals surface area (Å²) in [5.41, 5.74) is 1.41. The van der Waals surface area contributed by atoms with Gasteiger partial charge in [0.05, 0.1) is 0 Å². The first-order valence-corrected chi connectivity index (χ1v) is 5.53. The maximum absolute atomic E-state index is 3.15. The predicted octanol–water partition coefficient (Wildman–Crippen LogP) is 2.85. The zero-order valence-electron chi connectivity index (χ0n) is 9.40. The van der Waals surface area contributed by atoms with E-state index in [2.05, 4.69) is 54.0 Å². The monoisotopic (exact) mass is 199 g/mol. The molecule has 0 bridgehead atoms. The van der Waals surface area contributed by atoms with Gasteiger partial charge in [0.15, 0.2) is 0 Å². The molecule has 0 amide bonds. The van der Waals surface area contributed by atoms with Crippen molar-refractivity contribution in [3.63, 3.8) is 0 Å². The average molecular weight is 199 g/mol. The minimum atomic E-state index is 0.537. The van der Waals surface area contributed by atoms with E-state index < -0.39 is 0 Å². The Morgan fingerprint density at radius 2 is 2.13 bits per heavy atom. The molecule has 0 radical (unpaired) electrons. The van der Waals surface area contributed by atoms with E-state index in [1.165, 1.54) is 12.1 Å². The lowest BCUT2D eigenvalue weighted by molar-refractivity contribution is 0.408. The lowest BCUT2D eigenvalue weighted by Crippen LogP contribution is -2.08. The van der Waals surface area contributed by atoms with E-state index in [9.17, 15) is 0 Å². The van der Waals surface area contributed by atoms with Gasteiger partial charge in [0, 0.05) is 25.0 Å². The van der Waals surface area contributed by atoms with Crippen LogP contribution < -0.4 is 0 Å². The second kappa shape index (κ2) is 4.51. The van der Waals surface area contributed by atoms with Gasteiger partial charge in [0.1, 0.15) is 0 Å². The molecule has 0 aromatic heterocycles. The lowest BCUT2D eigenvalue weighted by atomic mass is 10.1. The minimum Gasteiger partial charge on any atom is -0.290 e. The van der Waals surface area contributed by atoms with E-state index >= 15 is 0 Å². The molecule has 1 heteroatoms. The van der Waals surface area contributed by atoms with Gasteiger partial charge in [-0.05, 0) is 19.4 Å². The van der Waals surface area contributed by atoms with Crippen LogP contribution in [0, 0.1) is 11.8 Å². The van der Waals surface area contributed by atoms with E-state index in [4.69, 9.17) is 0 Å². The van der Waals surface area contributed by atoms with E-state index in [1.54, 1.807) is 0 Å². The van der Waals surface area contributed by atoms with Crippen molar-refractivity contribution >= 4 is 0 Å². The highest BCUT2D eigenvalue weighted by molar-refractivity contribution is 5.20. The van der Waals surface area contributed by atoms with Crippen molar-refractivity contribution in [2.24, 2.45) is 0 Å². The van der Waals surface area contributed by atoms with Crippen molar-refractivity contribution in [3.05, 3.63) is 35.9 Å². The second-order valence-electron chi connectivity index (χ2n) is 4.07. The molecule has 0 aliphatic carbocycles. The fourth-order valence-corrected chi connectivity index (χ4v) is 2.00. The molecule has 2 rings (SSSR count). The first kappa shape index (κ1) is 10.3. The van der Waals surface area contributed by atoms with Crippen molar-refractivity contribution in [2.75, 3.05) is 6.54 Å². The number of hydrogen-bond acceptors (Lipinski definition) is 1. The molecule has 1 aliphatic heterocycles. The van der Waals surface area contributed by atoms with Crippen molar-refractivity contribution < 1.29 is 0 Å². The maximum Gasteiger partial charge on any atom is 0.0339 e. The summed E-state index contributed by atoms with van der Waals surface area (Å²) in [5, 5.41) is 0. The standard InChI is InChI=1S/C14H17N/c1-3-4-10-14-11-15(14)12(2)13-8-6-5-7-9-13/h5-9,12,14H,10-11H2,1-2H3. The van der Waals surface area contributed by atoms with Gasteiger partial charge >= 0.3 is 0 Å². The molecule has 1 fully saturated rings. The highest BCUT2D eigenvalue weighted by Gasteiger charge is 2.37. The Labute approximate surface area is 92.1 Å². The zero-order valence-corrected chi connectivity index (χ0v) is 9.40. The first-order valence-electron chi connectivity index (χ1n) is 5.53. The Balaban J connectivity index is 1.93. The van der Waals surface area contributed by atoms with E-state index in [1.807, 2.05) is 6.92 Å². The minimum absolute atomic E-state index is 0.537. The van der Waals surface area contributed by atoms with E-state index in [0.717, 1.165) is 6.42 Å². The van der Waals surface area contributed by atoms with Crippen LogP contribution in [0.3, 0.4) is 0 Å². The van der Waals surface area contributed by atoms with Crippen molar-refractivity contribution in [1.29, 1.82) is 0 Å². The van der Waals surface area contributed by atoms with Crippen LogP contribution in [0.15, 0.2) is 30.3 Å². The predicted molar refractivity (Wildman–Crippen MR) is 63.4 cm³/mol. The summed E-state index contributed by atoms with van der Waals surface area (Å²) in [6.07, 6.45) is 1.02. The Hall–Kier alpha value is -1.26. The molecule has 1 aliphatic rings. The number of hydrogen-bond donors (Lipinski definition) is 0. The Bertz CT molecular complexity index is 371. The van der Waals surface area contributed by atoms with Gasteiger partial charge in [-0.1, -0.05) is 30.3 Å². The van der Waals surface area contributed by atoms with Crippen LogP contribution in [0.5, 0.6) is 0 Å². The van der Waals surface area contributed by atoms with Crippen LogP contribution in [-0.4, -0.2) is 17.5 Å². The quantitative estimate of drug-likeness (QED) is 0.534. The van der Waals surface area contributed by atoms with Crippen LogP contribution in [0.25, 0.3) is 0 Å². The fraction of sp³-hybridized carbons (Fsp3) is 0.429. The summed E-state index contributed by atoms with van der Waals surface area (Å²) >= 11 is 0. The molecule has 1 aromatic carbocycles. The highest BCUT2D eigenvalue weighted by atomic mass is 15.3. The summed E-state index contributed by atoms with van der Waals surface area (Å²) in [6, 6.07) is 11.9. The highest BCUT2D eigenvalue weighted by Crippen LogP contribution is 2.32. The molecule has 78 valence electrons. The van der Waals surface area contributed by atoms with Gasteiger partial charge in [0.2, 0.25) is 0 Å². The molecule has 0 spiro atoms. The lowest BCUT2D eigenvalue weighted by Gasteiger charge is -2.13. The van der Waals surface area contributed by atoms with Crippen molar-refractivity contribution in [3.8, 4) is 11.8 Å². The second-order valence-corrected chi connectivity index (χ2v) is 4.07. The van der Waals surface area contributed by atoms with Gasteiger partial charge in [0.25, 0.3) is 0 Å². The summed E-state index contributed by atoms with van der Waals surface area (Å²) in [6.45, 7) is 5.38. The van der Waals surface area contributed by atoms with E-state index in [-0.39, 0.29) is 0 Å². The summed E-state index contributed by atoms with van der Waals surface area (Å²) < 4.78 is 0. The summed E-state index contributed by atoms with van der Waals surface area (Å²) in [7, 11) is 0. The fourth-order valence-electron chi connectivity index (χ4n) is 2.00. The number of nitrogens with zero attached hydrogens (tertiary/aromatic N) is 1. The Kier molecular flexibility index (Phi) is 3.08. The Morgan fingerprint density at radius 3 is 2.80 bits per heavy atom. The van der Waals surface area contributed by atoms with Gasteiger partial charge in [-0.2, -0.15) is 0 Å². The average Bonchev–Trinajstić information content (AvgIpc) is 3.06. The zero-order chi connectivity index (χ0) is 10.7. The molecule has 0 saturated carbocycles. The van der Waals surface area contributed by atoms with Gasteiger partial charge in [-0.3, -0.25) is 4.90 Å². The summed E-state index contributed by atoms with van der Waals surface area (Å²) in [5.74, 6) is 6.12. The first-order chi connectivity index (χ1) is 7.33.